The molecule has 0 saturated heterocycles. The number of thioether (sulfide) groups is 2. The zero-order chi connectivity index (χ0) is 11.6. The molecule has 0 aliphatic carbocycles. The number of thiol groups is 1. The van der Waals surface area contributed by atoms with Gasteiger partial charge in [0.15, 0.2) is 0 Å². The van der Waals surface area contributed by atoms with Crippen LogP contribution in [0.1, 0.15) is 11.1 Å². The van der Waals surface area contributed by atoms with Gasteiger partial charge in [0.05, 0.1) is 0 Å². The summed E-state index contributed by atoms with van der Waals surface area (Å²) in [5.41, 5.74) is 2.65. The summed E-state index contributed by atoms with van der Waals surface area (Å²) in [6.07, 6.45) is 1.94. The molecule has 0 aromatic heterocycles. The summed E-state index contributed by atoms with van der Waals surface area (Å²) in [4.78, 5) is 0. The van der Waals surface area contributed by atoms with Gasteiger partial charge in [-0.2, -0.15) is 36.2 Å². The Kier molecular flexibility index (Phi) is 7.99. The van der Waals surface area contributed by atoms with E-state index in [1.165, 1.54) is 22.6 Å². The molecule has 0 N–H and O–H groups in total. The molecule has 0 nitrogen and oxygen atoms in total. The topological polar surface area (TPSA) is 0 Å². The van der Waals surface area contributed by atoms with E-state index >= 15 is 0 Å². The van der Waals surface area contributed by atoms with Crippen LogP contribution in [0.25, 0.3) is 6.08 Å². The Morgan fingerprint density at radius 2 is 1.88 bits per heavy atom. The van der Waals surface area contributed by atoms with Crippen LogP contribution in [-0.2, 0) is 5.75 Å². The van der Waals surface area contributed by atoms with Crippen LogP contribution in [0.4, 0.5) is 0 Å². The van der Waals surface area contributed by atoms with Gasteiger partial charge in [-0.1, -0.05) is 36.9 Å². The van der Waals surface area contributed by atoms with Crippen LogP contribution in [0.2, 0.25) is 0 Å². The highest BCUT2D eigenvalue weighted by Gasteiger charge is 1.98. The maximum Gasteiger partial charge on any atom is 0.0190 e. The minimum absolute atomic E-state index is 0.981. The molecule has 3 heteroatoms. The first-order chi connectivity index (χ1) is 7.88. The Hall–Kier alpha value is 0.01000. The third-order valence-electron chi connectivity index (χ3n) is 2.14. The van der Waals surface area contributed by atoms with E-state index < -0.39 is 0 Å². The van der Waals surface area contributed by atoms with Crippen molar-refractivity contribution in [3.05, 3.63) is 42.0 Å². The highest BCUT2D eigenvalue weighted by Crippen LogP contribution is 2.18. The molecule has 0 spiro atoms. The molecule has 0 radical (unpaired) electrons. The number of rotatable bonds is 8. The quantitative estimate of drug-likeness (QED) is 0.554. The monoisotopic (exact) mass is 270 g/mol. The molecule has 0 heterocycles. The molecule has 88 valence electrons. The van der Waals surface area contributed by atoms with Gasteiger partial charge in [-0.3, -0.25) is 0 Å². The van der Waals surface area contributed by atoms with Gasteiger partial charge in [0.2, 0.25) is 0 Å². The average Bonchev–Trinajstić information content (AvgIpc) is 2.34. The summed E-state index contributed by atoms with van der Waals surface area (Å²) >= 11 is 8.16. The second kappa shape index (κ2) is 9.08. The predicted molar refractivity (Wildman–Crippen MR) is 83.9 cm³/mol. The molecule has 0 amide bonds. The van der Waals surface area contributed by atoms with Crippen molar-refractivity contribution < 1.29 is 0 Å². The lowest BCUT2D eigenvalue weighted by molar-refractivity contribution is 1.38. The van der Waals surface area contributed by atoms with E-state index in [2.05, 4.69) is 43.5 Å². The molecule has 0 atom stereocenters. The van der Waals surface area contributed by atoms with Crippen molar-refractivity contribution in [1.29, 1.82) is 0 Å². The minimum atomic E-state index is 0.981. The Labute approximate surface area is 113 Å². The van der Waals surface area contributed by atoms with Crippen molar-refractivity contribution in [1.82, 2.24) is 0 Å². The Balaban J connectivity index is 2.23. The van der Waals surface area contributed by atoms with Gasteiger partial charge in [0.25, 0.3) is 0 Å². The molecule has 1 aromatic rings. The fourth-order valence-corrected chi connectivity index (χ4v) is 3.62. The van der Waals surface area contributed by atoms with Crippen LogP contribution < -0.4 is 0 Å². The van der Waals surface area contributed by atoms with Crippen molar-refractivity contribution in [2.45, 2.75) is 5.75 Å². The van der Waals surface area contributed by atoms with E-state index in [4.69, 9.17) is 0 Å². The predicted octanol–water partition coefficient (Wildman–Crippen LogP) is 4.23. The van der Waals surface area contributed by atoms with Crippen LogP contribution in [-0.4, -0.2) is 23.0 Å². The molecule has 0 aliphatic heterocycles. The van der Waals surface area contributed by atoms with Crippen LogP contribution in [0.15, 0.2) is 30.8 Å². The number of benzene rings is 1. The summed E-state index contributed by atoms with van der Waals surface area (Å²) in [7, 11) is 0. The summed E-state index contributed by atoms with van der Waals surface area (Å²) < 4.78 is 0. The van der Waals surface area contributed by atoms with Crippen molar-refractivity contribution in [2.24, 2.45) is 0 Å². The van der Waals surface area contributed by atoms with Gasteiger partial charge in [0.1, 0.15) is 0 Å². The van der Waals surface area contributed by atoms with E-state index in [0.29, 0.717) is 0 Å². The average molecular weight is 270 g/mol. The summed E-state index contributed by atoms with van der Waals surface area (Å²) in [5.74, 6) is 5.66. The van der Waals surface area contributed by atoms with Crippen LogP contribution in [0.5, 0.6) is 0 Å². The first-order valence-electron chi connectivity index (χ1n) is 5.35. The fourth-order valence-electron chi connectivity index (χ4n) is 1.33. The van der Waals surface area contributed by atoms with Crippen LogP contribution in [0, 0.1) is 0 Å². The molecular weight excluding hydrogens is 252 g/mol. The molecule has 0 aliphatic rings. The summed E-state index contributed by atoms with van der Waals surface area (Å²) in [5, 5.41) is 0. The maximum atomic E-state index is 4.19. The molecule has 0 saturated carbocycles. The smallest absolute Gasteiger partial charge is 0.0190 e. The van der Waals surface area contributed by atoms with E-state index in [9.17, 15) is 0 Å². The van der Waals surface area contributed by atoms with Gasteiger partial charge in [-0.15, -0.1) is 0 Å². The largest absolute Gasteiger partial charge is 0.179 e. The SMILES string of the molecule is C=Cc1ccccc1CSCCSCCS. The van der Waals surface area contributed by atoms with Gasteiger partial charge < -0.3 is 0 Å². The van der Waals surface area contributed by atoms with Gasteiger partial charge in [0, 0.05) is 23.0 Å². The van der Waals surface area contributed by atoms with Gasteiger partial charge >= 0.3 is 0 Å². The molecule has 16 heavy (non-hydrogen) atoms. The van der Waals surface area contributed by atoms with Crippen LogP contribution >= 0.6 is 36.2 Å². The van der Waals surface area contributed by atoms with Gasteiger partial charge in [-0.25, -0.2) is 0 Å². The highest BCUT2D eigenvalue weighted by atomic mass is 32.2. The minimum Gasteiger partial charge on any atom is -0.179 e. The molecule has 0 bridgehead atoms. The second-order valence-corrected chi connectivity index (χ2v) is 6.07. The van der Waals surface area contributed by atoms with Crippen molar-refractivity contribution in [3.63, 3.8) is 0 Å². The molecule has 0 fully saturated rings. The Morgan fingerprint density at radius 1 is 1.12 bits per heavy atom. The lowest BCUT2D eigenvalue weighted by Gasteiger charge is -2.05. The lowest BCUT2D eigenvalue weighted by atomic mass is 10.1. The van der Waals surface area contributed by atoms with Gasteiger partial charge in [-0.05, 0) is 16.9 Å². The lowest BCUT2D eigenvalue weighted by Crippen LogP contribution is -1.90. The standard InChI is InChI=1S/C13H18S3/c1-2-12-5-3-4-6-13(12)11-16-10-9-15-8-7-14/h2-6,14H,1,7-11H2. The van der Waals surface area contributed by atoms with E-state index in [1.54, 1.807) is 0 Å². The molecule has 1 aromatic carbocycles. The van der Waals surface area contributed by atoms with E-state index in [-0.39, 0.29) is 0 Å². The summed E-state index contributed by atoms with van der Waals surface area (Å²) in [6, 6.07) is 8.47. The third-order valence-corrected chi connectivity index (χ3v) is 4.92. The highest BCUT2D eigenvalue weighted by molar-refractivity contribution is 8.02. The molecular formula is C13H18S3. The Morgan fingerprint density at radius 3 is 2.62 bits per heavy atom. The maximum absolute atomic E-state index is 4.19. The van der Waals surface area contributed by atoms with Crippen molar-refractivity contribution in [2.75, 3.05) is 23.0 Å². The van der Waals surface area contributed by atoms with Crippen molar-refractivity contribution >= 4 is 42.2 Å². The molecule has 0 unspecified atom stereocenters. The van der Waals surface area contributed by atoms with E-state index in [1.807, 2.05) is 29.6 Å². The third kappa shape index (κ3) is 5.37. The fraction of sp³-hybridized carbons (Fsp3) is 0.385. The first-order valence-corrected chi connectivity index (χ1v) is 8.29. The zero-order valence-corrected chi connectivity index (χ0v) is 11.9. The summed E-state index contributed by atoms with van der Waals surface area (Å²) in [6.45, 7) is 3.84. The Bertz CT molecular complexity index is 310. The van der Waals surface area contributed by atoms with Crippen LogP contribution in [0.3, 0.4) is 0 Å². The normalized spacial score (nSPS) is 10.3. The second-order valence-electron chi connectivity index (χ2n) is 3.29. The number of hydrogen-bond acceptors (Lipinski definition) is 3. The number of hydrogen-bond donors (Lipinski definition) is 1. The first kappa shape index (κ1) is 14.1. The van der Waals surface area contributed by atoms with Crippen molar-refractivity contribution in [3.8, 4) is 0 Å². The van der Waals surface area contributed by atoms with E-state index in [0.717, 1.165) is 17.3 Å². The molecule has 1 rings (SSSR count). The zero-order valence-electron chi connectivity index (χ0n) is 9.39.